The maximum absolute atomic E-state index is 12.7. The van der Waals surface area contributed by atoms with E-state index in [1.54, 1.807) is 13.0 Å². The summed E-state index contributed by atoms with van der Waals surface area (Å²) in [6.07, 6.45) is 0. The molecule has 2 unspecified atom stereocenters. The highest BCUT2D eigenvalue weighted by molar-refractivity contribution is 6.31. The van der Waals surface area contributed by atoms with Gasteiger partial charge in [0.25, 0.3) is 0 Å². The molecule has 0 spiro atoms. The standard InChI is InChI=1S/C23H22ClNO2/c1-16-12-14-19(15-13-16)23(27-22(26)17(2)25,18-8-4-3-5-9-18)20-10-6-7-11-21(20)24/h3-15,17H,25H2,1-2H3. The Balaban J connectivity index is 2.36. The van der Waals surface area contributed by atoms with E-state index in [1.807, 2.05) is 79.7 Å². The van der Waals surface area contributed by atoms with E-state index in [9.17, 15) is 4.79 Å². The first-order chi connectivity index (χ1) is 12.9. The number of hydrogen-bond acceptors (Lipinski definition) is 3. The van der Waals surface area contributed by atoms with Gasteiger partial charge in [0.2, 0.25) is 0 Å². The minimum Gasteiger partial charge on any atom is -0.443 e. The molecule has 0 heterocycles. The lowest BCUT2D eigenvalue weighted by Crippen LogP contribution is -2.40. The number of benzene rings is 3. The summed E-state index contributed by atoms with van der Waals surface area (Å²) in [6.45, 7) is 3.62. The van der Waals surface area contributed by atoms with Gasteiger partial charge in [0.05, 0.1) is 0 Å². The van der Waals surface area contributed by atoms with E-state index >= 15 is 0 Å². The minimum atomic E-state index is -1.20. The van der Waals surface area contributed by atoms with Gasteiger partial charge in [-0.05, 0) is 19.9 Å². The summed E-state index contributed by atoms with van der Waals surface area (Å²) in [4.78, 5) is 12.7. The number of ether oxygens (including phenoxy) is 1. The molecular weight excluding hydrogens is 358 g/mol. The summed E-state index contributed by atoms with van der Waals surface area (Å²) in [5.74, 6) is -0.501. The van der Waals surface area contributed by atoms with Crippen molar-refractivity contribution in [3.05, 3.63) is 106 Å². The zero-order valence-corrected chi connectivity index (χ0v) is 16.1. The monoisotopic (exact) mass is 379 g/mol. The molecule has 0 saturated heterocycles. The van der Waals surface area contributed by atoms with Crippen LogP contribution in [0.3, 0.4) is 0 Å². The first kappa shape index (κ1) is 19.2. The molecule has 3 nitrogen and oxygen atoms in total. The Hall–Kier alpha value is -2.62. The minimum absolute atomic E-state index is 0.501. The molecule has 0 aliphatic rings. The molecule has 0 radical (unpaired) electrons. The number of nitrogens with two attached hydrogens (primary N) is 1. The van der Waals surface area contributed by atoms with E-state index in [4.69, 9.17) is 22.1 Å². The maximum atomic E-state index is 12.7. The summed E-state index contributed by atoms with van der Waals surface area (Å²) in [5.41, 5.74) is 8.04. The molecule has 138 valence electrons. The van der Waals surface area contributed by atoms with Crippen molar-refractivity contribution in [2.45, 2.75) is 25.5 Å². The first-order valence-electron chi connectivity index (χ1n) is 8.81. The van der Waals surface area contributed by atoms with Crippen LogP contribution in [-0.2, 0) is 15.1 Å². The Morgan fingerprint density at radius 1 is 0.926 bits per heavy atom. The summed E-state index contributed by atoms with van der Waals surface area (Å²) in [7, 11) is 0. The number of carbonyl (C=O) groups excluding carboxylic acids is 1. The predicted molar refractivity (Wildman–Crippen MR) is 109 cm³/mol. The van der Waals surface area contributed by atoms with Crippen LogP contribution in [0.5, 0.6) is 0 Å². The van der Waals surface area contributed by atoms with Gasteiger partial charge in [-0.25, -0.2) is 0 Å². The van der Waals surface area contributed by atoms with Gasteiger partial charge in [0, 0.05) is 21.7 Å². The lowest BCUT2D eigenvalue weighted by Gasteiger charge is -2.36. The normalized spacial score (nSPS) is 14.2. The zero-order chi connectivity index (χ0) is 19.4. The van der Waals surface area contributed by atoms with Crippen LogP contribution < -0.4 is 5.73 Å². The Labute approximate surface area is 164 Å². The highest BCUT2D eigenvalue weighted by Gasteiger charge is 2.42. The topological polar surface area (TPSA) is 52.3 Å². The molecule has 4 heteroatoms. The maximum Gasteiger partial charge on any atom is 0.324 e. The van der Waals surface area contributed by atoms with E-state index in [-0.39, 0.29) is 0 Å². The molecule has 0 aliphatic carbocycles. The second-order valence-corrected chi connectivity index (χ2v) is 7.01. The molecular formula is C23H22ClNO2. The van der Waals surface area contributed by atoms with E-state index < -0.39 is 17.6 Å². The van der Waals surface area contributed by atoms with Gasteiger partial charge in [-0.1, -0.05) is 90.0 Å². The van der Waals surface area contributed by atoms with Crippen molar-refractivity contribution >= 4 is 17.6 Å². The number of aryl methyl sites for hydroxylation is 1. The summed E-state index contributed by atoms with van der Waals surface area (Å²) < 4.78 is 6.13. The van der Waals surface area contributed by atoms with E-state index in [1.165, 1.54) is 0 Å². The molecule has 0 fully saturated rings. The molecule has 0 bridgehead atoms. The van der Waals surface area contributed by atoms with Gasteiger partial charge in [-0.2, -0.15) is 0 Å². The van der Waals surface area contributed by atoms with Gasteiger partial charge in [0.1, 0.15) is 6.04 Å². The molecule has 2 N–H and O–H groups in total. The number of rotatable bonds is 5. The SMILES string of the molecule is Cc1ccc(C(OC(=O)C(C)N)(c2ccccc2)c2ccccc2Cl)cc1. The Morgan fingerprint density at radius 3 is 2.07 bits per heavy atom. The van der Waals surface area contributed by atoms with Crippen LogP contribution in [-0.4, -0.2) is 12.0 Å². The quantitative estimate of drug-likeness (QED) is 0.510. The van der Waals surface area contributed by atoms with Gasteiger partial charge in [0.15, 0.2) is 5.60 Å². The molecule has 3 aromatic rings. The van der Waals surface area contributed by atoms with Crippen LogP contribution in [0.2, 0.25) is 5.02 Å². The number of carbonyl (C=O) groups is 1. The molecule has 27 heavy (non-hydrogen) atoms. The van der Waals surface area contributed by atoms with Crippen LogP contribution in [0.25, 0.3) is 0 Å². The van der Waals surface area contributed by atoms with Crippen LogP contribution in [0, 0.1) is 6.92 Å². The van der Waals surface area contributed by atoms with Gasteiger partial charge < -0.3 is 10.5 Å². The van der Waals surface area contributed by atoms with E-state index in [0.29, 0.717) is 10.6 Å². The Bertz CT molecular complexity index is 923. The van der Waals surface area contributed by atoms with E-state index in [2.05, 4.69) is 0 Å². The average molecular weight is 380 g/mol. The van der Waals surface area contributed by atoms with Crippen LogP contribution in [0.4, 0.5) is 0 Å². The van der Waals surface area contributed by atoms with Crippen LogP contribution >= 0.6 is 11.6 Å². The van der Waals surface area contributed by atoms with Crippen molar-refractivity contribution in [2.24, 2.45) is 5.73 Å². The zero-order valence-electron chi connectivity index (χ0n) is 15.4. The fourth-order valence-corrected chi connectivity index (χ4v) is 3.37. The lowest BCUT2D eigenvalue weighted by molar-refractivity contribution is -0.154. The molecule has 0 aliphatic heterocycles. The van der Waals surface area contributed by atoms with Crippen LogP contribution in [0.15, 0.2) is 78.9 Å². The number of halogens is 1. The second-order valence-electron chi connectivity index (χ2n) is 6.60. The second kappa shape index (κ2) is 7.95. The highest BCUT2D eigenvalue weighted by atomic mass is 35.5. The van der Waals surface area contributed by atoms with Crippen LogP contribution in [0.1, 0.15) is 29.2 Å². The fourth-order valence-electron chi connectivity index (χ4n) is 3.10. The third-order valence-electron chi connectivity index (χ3n) is 4.52. The van der Waals surface area contributed by atoms with Crippen molar-refractivity contribution in [1.82, 2.24) is 0 Å². The smallest absolute Gasteiger partial charge is 0.324 e. The number of hydrogen-bond donors (Lipinski definition) is 1. The van der Waals surface area contributed by atoms with Crippen molar-refractivity contribution in [3.8, 4) is 0 Å². The fraction of sp³-hybridized carbons (Fsp3) is 0.174. The molecule has 0 amide bonds. The third kappa shape index (κ3) is 3.75. The predicted octanol–water partition coefficient (Wildman–Crippen LogP) is 4.83. The summed E-state index contributed by atoms with van der Waals surface area (Å²) >= 11 is 6.58. The first-order valence-corrected chi connectivity index (χ1v) is 9.19. The number of esters is 1. The summed E-state index contributed by atoms with van der Waals surface area (Å²) in [6, 6.07) is 24.1. The Morgan fingerprint density at radius 2 is 1.48 bits per heavy atom. The van der Waals surface area contributed by atoms with Crippen molar-refractivity contribution in [3.63, 3.8) is 0 Å². The van der Waals surface area contributed by atoms with E-state index in [0.717, 1.165) is 16.7 Å². The molecule has 0 saturated carbocycles. The molecule has 3 aromatic carbocycles. The molecule has 2 atom stereocenters. The van der Waals surface area contributed by atoms with Crippen molar-refractivity contribution < 1.29 is 9.53 Å². The van der Waals surface area contributed by atoms with Gasteiger partial charge >= 0.3 is 5.97 Å². The van der Waals surface area contributed by atoms with Crippen molar-refractivity contribution in [2.75, 3.05) is 0 Å². The highest BCUT2D eigenvalue weighted by Crippen LogP contribution is 2.43. The van der Waals surface area contributed by atoms with Gasteiger partial charge in [-0.3, -0.25) is 4.79 Å². The van der Waals surface area contributed by atoms with Gasteiger partial charge in [-0.15, -0.1) is 0 Å². The average Bonchev–Trinajstić information content (AvgIpc) is 2.68. The van der Waals surface area contributed by atoms with Crippen molar-refractivity contribution in [1.29, 1.82) is 0 Å². The largest absolute Gasteiger partial charge is 0.443 e. The Kier molecular flexibility index (Phi) is 5.64. The lowest BCUT2D eigenvalue weighted by atomic mass is 9.79. The third-order valence-corrected chi connectivity index (χ3v) is 4.85. The summed E-state index contributed by atoms with van der Waals surface area (Å²) in [5, 5.41) is 0.513. The molecule has 0 aromatic heterocycles. The molecule has 3 rings (SSSR count).